The maximum Gasteiger partial charge on any atom is 0.335 e. The topological polar surface area (TPSA) is 164 Å². The Labute approximate surface area is 441 Å². The van der Waals surface area contributed by atoms with E-state index in [0.717, 1.165) is 128 Å². The number of nitriles is 3. The summed E-state index contributed by atoms with van der Waals surface area (Å²) >= 11 is 0. The highest BCUT2D eigenvalue weighted by Gasteiger charge is 2.19. The van der Waals surface area contributed by atoms with Crippen LogP contribution in [0.2, 0.25) is 0 Å². The highest BCUT2D eigenvalue weighted by Crippen LogP contribution is 2.40. The van der Waals surface area contributed by atoms with E-state index in [1.165, 1.54) is 12.1 Å². The Balaban J connectivity index is 0.847. The first kappa shape index (κ1) is 54.1. The second-order valence-electron chi connectivity index (χ2n) is 18.1. The van der Waals surface area contributed by atoms with Crippen LogP contribution in [0.5, 0.6) is 34.5 Å². The van der Waals surface area contributed by atoms with Crippen LogP contribution < -0.4 is 28.4 Å². The molecule has 0 aliphatic rings. The van der Waals surface area contributed by atoms with E-state index < -0.39 is 5.97 Å². The van der Waals surface area contributed by atoms with Gasteiger partial charge in [-0.25, -0.2) is 4.79 Å². The third kappa shape index (κ3) is 17.5. The fourth-order valence-corrected chi connectivity index (χ4v) is 8.28. The lowest BCUT2D eigenvalue weighted by atomic mass is 10.0. The summed E-state index contributed by atoms with van der Waals surface area (Å²) in [6.45, 7) is 2.95. The van der Waals surface area contributed by atoms with Crippen molar-refractivity contribution in [2.24, 2.45) is 0 Å². The minimum Gasteiger partial charge on any atom is -0.494 e. The minimum absolute atomic E-state index is 0.0698. The molecule has 0 aliphatic carbocycles. The van der Waals surface area contributed by atoms with Crippen LogP contribution in [0.3, 0.4) is 0 Å². The number of unbranched alkanes of at least 4 members (excludes halogenated alkanes) is 9. The van der Waals surface area contributed by atoms with Gasteiger partial charge in [-0.3, -0.25) is 0 Å². The van der Waals surface area contributed by atoms with Gasteiger partial charge in [0.05, 0.1) is 80.1 Å². The fraction of sp³-hybridized carbons (Fsp3) is 0.281. The Hall–Kier alpha value is -8.72. The molecule has 0 unspecified atom stereocenters. The molecule has 0 fully saturated rings. The first-order valence-electron chi connectivity index (χ1n) is 25.9. The van der Waals surface area contributed by atoms with Crippen molar-refractivity contribution < 1.29 is 38.3 Å². The van der Waals surface area contributed by atoms with Crippen molar-refractivity contribution in [1.82, 2.24) is 0 Å². The summed E-state index contributed by atoms with van der Waals surface area (Å²) < 4.78 is 37.0. The van der Waals surface area contributed by atoms with Crippen molar-refractivity contribution in [3.05, 3.63) is 180 Å². The van der Waals surface area contributed by atoms with Gasteiger partial charge < -0.3 is 33.5 Å². The molecular weight excluding hydrogens is 939 g/mol. The molecule has 0 heterocycles. The third-order valence-electron chi connectivity index (χ3n) is 12.6. The smallest absolute Gasteiger partial charge is 0.335 e. The molecule has 0 atom stereocenters. The number of hydrogen-bond acceptors (Lipinski definition) is 10. The molecule has 0 saturated carbocycles. The largest absolute Gasteiger partial charge is 0.494 e. The Morgan fingerprint density at radius 2 is 0.573 bits per heavy atom. The molecule has 75 heavy (non-hydrogen) atoms. The zero-order valence-electron chi connectivity index (χ0n) is 42.4. The molecule has 11 nitrogen and oxygen atoms in total. The van der Waals surface area contributed by atoms with E-state index in [0.29, 0.717) is 73.6 Å². The number of benzene rings is 7. The zero-order valence-corrected chi connectivity index (χ0v) is 42.4. The van der Waals surface area contributed by atoms with Gasteiger partial charge in [-0.2, -0.15) is 15.8 Å². The molecule has 7 rings (SSSR count). The number of carboxylic acids is 1. The number of carbonyl (C=O) groups is 1. The molecule has 0 amide bonds. The van der Waals surface area contributed by atoms with Gasteiger partial charge in [-0.05, 0) is 195 Å². The van der Waals surface area contributed by atoms with Crippen molar-refractivity contribution in [1.29, 1.82) is 15.8 Å². The van der Waals surface area contributed by atoms with E-state index in [9.17, 15) is 9.90 Å². The van der Waals surface area contributed by atoms with Gasteiger partial charge >= 0.3 is 5.97 Å². The molecule has 0 radical (unpaired) electrons. The van der Waals surface area contributed by atoms with E-state index in [2.05, 4.69) is 18.2 Å². The predicted octanol–water partition coefficient (Wildman–Crippen LogP) is 15.1. The van der Waals surface area contributed by atoms with Crippen LogP contribution in [0.15, 0.2) is 158 Å². The van der Waals surface area contributed by atoms with E-state index >= 15 is 0 Å². The second-order valence-corrected chi connectivity index (χ2v) is 18.1. The number of carboxylic acid groups (broad SMARTS) is 1. The third-order valence-corrected chi connectivity index (χ3v) is 12.6. The predicted molar refractivity (Wildman–Crippen MR) is 292 cm³/mol. The second kappa shape index (κ2) is 29.7. The summed E-state index contributed by atoms with van der Waals surface area (Å²) in [7, 11) is 0. The lowest BCUT2D eigenvalue weighted by molar-refractivity contribution is 0.0695. The summed E-state index contributed by atoms with van der Waals surface area (Å²) in [5.74, 6) is 2.48. The van der Waals surface area contributed by atoms with Gasteiger partial charge in [-0.1, -0.05) is 72.8 Å². The number of ether oxygens (including phenoxy) is 6. The highest BCUT2D eigenvalue weighted by molar-refractivity contribution is 5.89. The standard InChI is InChI=1S/C64H63N3O8/c65-45-48-13-19-51(20-14-48)54-25-31-58(32-26-54)70-37-7-1-4-10-40-73-61-43-57(64(68)69)44-62(74-41-11-5-2-8-38-71-59-33-27-55(28-34-59)52-21-15-49(46-66)16-22-52)63(61)75-42-12-6-3-9-39-72-60-35-29-56(30-36-60)53-23-17-50(47-67)18-24-53/h13-36,43-44H,1-12,37-42H2,(H,68,69). The number of aromatic carboxylic acids is 1. The molecule has 11 heteroatoms. The molecule has 0 aliphatic heterocycles. The van der Waals surface area contributed by atoms with E-state index in [4.69, 9.17) is 44.2 Å². The van der Waals surface area contributed by atoms with Crippen molar-refractivity contribution in [2.45, 2.75) is 77.0 Å². The van der Waals surface area contributed by atoms with Crippen LogP contribution in [0, 0.1) is 34.0 Å². The summed E-state index contributed by atoms with van der Waals surface area (Å²) in [5.41, 5.74) is 8.28. The van der Waals surface area contributed by atoms with Crippen molar-refractivity contribution in [3.63, 3.8) is 0 Å². The maximum atomic E-state index is 12.3. The van der Waals surface area contributed by atoms with Gasteiger partial charge in [0.15, 0.2) is 11.5 Å². The van der Waals surface area contributed by atoms with Crippen LogP contribution in [-0.4, -0.2) is 50.7 Å². The average molecular weight is 1000 g/mol. The van der Waals surface area contributed by atoms with Crippen LogP contribution >= 0.6 is 0 Å². The summed E-state index contributed by atoms with van der Waals surface area (Å²) in [5, 5.41) is 37.4. The van der Waals surface area contributed by atoms with E-state index in [1.807, 2.05) is 146 Å². The van der Waals surface area contributed by atoms with Gasteiger partial charge in [0.25, 0.3) is 0 Å². The molecule has 0 aromatic heterocycles. The van der Waals surface area contributed by atoms with Crippen LogP contribution in [0.25, 0.3) is 33.4 Å². The zero-order chi connectivity index (χ0) is 52.3. The lowest BCUT2D eigenvalue weighted by Crippen LogP contribution is -2.08. The molecule has 382 valence electrons. The Morgan fingerprint density at radius 3 is 0.827 bits per heavy atom. The number of nitrogens with zero attached hydrogens (tertiary/aromatic N) is 3. The fourth-order valence-electron chi connectivity index (χ4n) is 8.28. The quantitative estimate of drug-likeness (QED) is 0.0412. The Morgan fingerprint density at radius 1 is 0.333 bits per heavy atom. The summed E-state index contributed by atoms with van der Waals surface area (Å²) in [6.07, 6.45) is 10.5. The van der Waals surface area contributed by atoms with Gasteiger partial charge in [0, 0.05) is 0 Å². The molecular formula is C64H63N3O8. The van der Waals surface area contributed by atoms with Crippen LogP contribution in [0.4, 0.5) is 0 Å². The lowest BCUT2D eigenvalue weighted by Gasteiger charge is -2.18. The monoisotopic (exact) mass is 1000 g/mol. The van der Waals surface area contributed by atoms with Crippen molar-refractivity contribution in [2.75, 3.05) is 39.6 Å². The molecule has 7 aromatic rings. The van der Waals surface area contributed by atoms with E-state index in [-0.39, 0.29) is 5.56 Å². The van der Waals surface area contributed by atoms with Crippen LogP contribution in [-0.2, 0) is 0 Å². The molecule has 7 aromatic carbocycles. The van der Waals surface area contributed by atoms with Crippen molar-refractivity contribution in [3.8, 4) is 86.1 Å². The summed E-state index contributed by atoms with van der Waals surface area (Å²) in [4.78, 5) is 12.3. The van der Waals surface area contributed by atoms with Crippen LogP contribution in [0.1, 0.15) is 104 Å². The molecule has 1 N–H and O–H groups in total. The maximum absolute atomic E-state index is 12.3. The first-order chi connectivity index (χ1) is 36.9. The molecule has 0 saturated heterocycles. The minimum atomic E-state index is -1.08. The van der Waals surface area contributed by atoms with Gasteiger partial charge in [0.2, 0.25) is 5.75 Å². The first-order valence-corrected chi connectivity index (χ1v) is 25.9. The van der Waals surface area contributed by atoms with Crippen molar-refractivity contribution >= 4 is 5.97 Å². The molecule has 0 bridgehead atoms. The SMILES string of the molecule is N#Cc1ccc(-c2ccc(OCCCCCCOc3cc(C(=O)O)cc(OCCCCCCOc4ccc(-c5ccc(C#N)cc5)cc4)c3OCCCCCCOc3ccc(-c4ccc(C#N)cc4)cc3)cc2)cc1. The number of rotatable bonds is 31. The normalized spacial score (nSPS) is 10.6. The average Bonchev–Trinajstić information content (AvgIpc) is 3.46. The van der Waals surface area contributed by atoms with Gasteiger partial charge in [-0.15, -0.1) is 0 Å². The van der Waals surface area contributed by atoms with Gasteiger partial charge in [0.1, 0.15) is 17.2 Å². The summed E-state index contributed by atoms with van der Waals surface area (Å²) in [6, 6.07) is 56.0. The number of hydrogen-bond donors (Lipinski definition) is 1. The van der Waals surface area contributed by atoms with E-state index in [1.54, 1.807) is 0 Å². The highest BCUT2D eigenvalue weighted by atomic mass is 16.5. The Kier molecular flexibility index (Phi) is 21.4. The molecule has 0 spiro atoms. The Bertz CT molecular complexity index is 2840.